The van der Waals surface area contributed by atoms with E-state index in [1.807, 2.05) is 0 Å². The summed E-state index contributed by atoms with van der Waals surface area (Å²) in [6.45, 7) is -0.534. The van der Waals surface area contributed by atoms with Crippen LogP contribution in [0.5, 0.6) is 5.75 Å². The number of ketones is 2. The molecule has 0 bridgehead atoms. The van der Waals surface area contributed by atoms with Crippen molar-refractivity contribution < 1.29 is 48.0 Å². The van der Waals surface area contributed by atoms with E-state index in [4.69, 9.17) is 5.73 Å². The number of likely N-dealkylation sites (N-methyl/N-ethyl adjacent to an activating group) is 1. The number of nitrogens with one attached hydrogen (secondary N) is 1. The first-order valence-electron chi connectivity index (χ1n) is 14.1. The number of primary amides is 1. The van der Waals surface area contributed by atoms with E-state index in [1.54, 1.807) is 25.1 Å². The maximum absolute atomic E-state index is 14.2. The number of nitrogens with two attached hydrogens (primary N) is 1. The van der Waals surface area contributed by atoms with Crippen LogP contribution in [-0.4, -0.2) is 82.6 Å². The Kier molecular flexibility index (Phi) is 7.96. The molecule has 0 aromatic heterocycles. The number of phenols is 1. The first-order chi connectivity index (χ1) is 21.0. The van der Waals surface area contributed by atoms with Crippen molar-refractivity contribution in [3.05, 3.63) is 74.8 Å². The fourth-order valence-corrected chi connectivity index (χ4v) is 6.94. The van der Waals surface area contributed by atoms with Gasteiger partial charge in [0.1, 0.15) is 40.3 Å². The maximum Gasteiger partial charge on any atom is 0.255 e. The first kappa shape index (κ1) is 32.0. The molecule has 45 heavy (non-hydrogen) atoms. The lowest BCUT2D eigenvalue weighted by atomic mass is 9.57. The fourth-order valence-electron chi connectivity index (χ4n) is 6.94. The van der Waals surface area contributed by atoms with Gasteiger partial charge in [-0.05, 0) is 44.5 Å². The van der Waals surface area contributed by atoms with Crippen molar-refractivity contribution in [2.24, 2.45) is 17.6 Å². The lowest BCUT2D eigenvalue weighted by Gasteiger charge is -2.50. The SMILES string of the molecule is CN(C)c1cc(CNCc2c(F)cc(F)cc2F)c(O)c2c1C[C@H]1C[C@H]3[C@H](N(C)C)C(=O)C(C(N)=O)=C(O)[C@@]3(O)C(=O)C1=C2O. The zero-order chi connectivity index (χ0) is 33.3. The second-order valence-electron chi connectivity index (χ2n) is 12.1. The number of phenolic OH excluding ortho intramolecular Hbond substituents is 1. The van der Waals surface area contributed by atoms with Gasteiger partial charge in [0.25, 0.3) is 5.91 Å². The topological polar surface area (TPSA) is 177 Å². The van der Waals surface area contributed by atoms with Gasteiger partial charge in [0.15, 0.2) is 11.4 Å². The third-order valence-corrected chi connectivity index (χ3v) is 8.98. The van der Waals surface area contributed by atoms with Crippen molar-refractivity contribution in [1.82, 2.24) is 10.2 Å². The summed E-state index contributed by atoms with van der Waals surface area (Å²) < 4.78 is 41.6. The smallest absolute Gasteiger partial charge is 0.255 e. The van der Waals surface area contributed by atoms with E-state index in [0.29, 0.717) is 23.4 Å². The van der Waals surface area contributed by atoms with Gasteiger partial charge >= 0.3 is 0 Å². The molecule has 0 spiro atoms. The number of nitrogens with zero attached hydrogens (tertiary/aromatic N) is 2. The van der Waals surface area contributed by atoms with Gasteiger partial charge in [0, 0.05) is 67.6 Å². The molecule has 1 amide bonds. The molecule has 4 atom stereocenters. The number of Topliss-reactive ketones (excluding diaryl/α,β-unsaturated/α-hetero) is 2. The van der Waals surface area contributed by atoms with Crippen LogP contribution < -0.4 is 16.0 Å². The van der Waals surface area contributed by atoms with Crippen molar-refractivity contribution in [1.29, 1.82) is 0 Å². The summed E-state index contributed by atoms with van der Waals surface area (Å²) in [6.07, 6.45) is 0.0345. The van der Waals surface area contributed by atoms with E-state index in [1.165, 1.54) is 19.0 Å². The minimum absolute atomic E-state index is 0.0580. The number of hydrogen-bond acceptors (Lipinski definition) is 10. The number of benzene rings is 2. The molecule has 3 aliphatic rings. The van der Waals surface area contributed by atoms with Gasteiger partial charge < -0.3 is 36.4 Å². The normalized spacial score (nSPS) is 24.5. The summed E-state index contributed by atoms with van der Waals surface area (Å²) in [7, 11) is 6.46. The maximum atomic E-state index is 14.2. The Labute approximate surface area is 256 Å². The molecule has 1 saturated carbocycles. The molecule has 11 nitrogen and oxygen atoms in total. The molecule has 0 unspecified atom stereocenters. The molecule has 0 radical (unpaired) electrons. The molecule has 1 fully saturated rings. The number of aliphatic hydroxyl groups excluding tert-OH is 2. The minimum Gasteiger partial charge on any atom is -0.508 e. The van der Waals surface area contributed by atoms with Crippen molar-refractivity contribution >= 4 is 28.9 Å². The van der Waals surface area contributed by atoms with Crippen LogP contribution in [0.2, 0.25) is 0 Å². The molecule has 7 N–H and O–H groups in total. The average molecular weight is 631 g/mol. The van der Waals surface area contributed by atoms with E-state index < -0.39 is 86.8 Å². The van der Waals surface area contributed by atoms with Gasteiger partial charge in [-0.3, -0.25) is 19.3 Å². The first-order valence-corrected chi connectivity index (χ1v) is 14.1. The summed E-state index contributed by atoms with van der Waals surface area (Å²) in [4.78, 5) is 42.6. The summed E-state index contributed by atoms with van der Waals surface area (Å²) in [6, 6.07) is 1.50. The number of anilines is 1. The monoisotopic (exact) mass is 630 g/mol. The minimum atomic E-state index is -2.77. The van der Waals surface area contributed by atoms with Crippen LogP contribution in [0.25, 0.3) is 5.76 Å². The van der Waals surface area contributed by atoms with E-state index in [2.05, 4.69) is 5.32 Å². The number of aliphatic hydroxyl groups is 3. The molecular weight excluding hydrogens is 597 g/mol. The Hall–Kier alpha value is -4.40. The summed E-state index contributed by atoms with van der Waals surface area (Å²) in [5.74, 6) is -10.8. The standard InChI is InChI=1S/C31H33F3N4O7/c1-37(2)20-7-13(10-36-11-16-18(33)8-14(32)9-19(16)34)25(39)22-15(20)5-12-6-17-24(38(3)4)27(41)23(30(35)44)29(43)31(17,45)28(42)21(12)26(22)40/h7-9,12,17,24,36,39-40,43,45H,5-6,10-11H2,1-4H3,(H2,35,44)/t12-,17-,24-,31-/m0/s1. The second kappa shape index (κ2) is 11.2. The highest BCUT2D eigenvalue weighted by atomic mass is 19.1. The second-order valence-corrected chi connectivity index (χ2v) is 12.1. The van der Waals surface area contributed by atoms with Gasteiger partial charge in [0.05, 0.1) is 11.6 Å². The third kappa shape index (κ3) is 4.84. The summed E-state index contributed by atoms with van der Waals surface area (Å²) >= 11 is 0. The number of carbonyl (C=O) groups is 3. The summed E-state index contributed by atoms with van der Waals surface area (Å²) in [5.41, 5.74) is 2.02. The zero-order valence-electron chi connectivity index (χ0n) is 24.9. The lowest BCUT2D eigenvalue weighted by molar-refractivity contribution is -0.153. The van der Waals surface area contributed by atoms with Crippen molar-refractivity contribution in [3.63, 3.8) is 0 Å². The fraction of sp³-hybridized carbons (Fsp3) is 0.387. The Morgan fingerprint density at radius 1 is 1.04 bits per heavy atom. The Morgan fingerprint density at radius 3 is 2.22 bits per heavy atom. The number of rotatable bonds is 7. The zero-order valence-corrected chi connectivity index (χ0v) is 24.9. The van der Waals surface area contributed by atoms with E-state index in [0.717, 1.165) is 0 Å². The largest absolute Gasteiger partial charge is 0.508 e. The quantitative estimate of drug-likeness (QED) is 0.247. The molecule has 240 valence electrons. The summed E-state index contributed by atoms with van der Waals surface area (Å²) in [5, 5.41) is 48.5. The van der Waals surface area contributed by atoms with Gasteiger partial charge in [-0.2, -0.15) is 0 Å². The van der Waals surface area contributed by atoms with Crippen LogP contribution in [0.1, 0.15) is 28.7 Å². The van der Waals surface area contributed by atoms with Crippen molar-refractivity contribution in [3.8, 4) is 5.75 Å². The number of hydrogen-bond donors (Lipinski definition) is 6. The van der Waals surface area contributed by atoms with Crippen LogP contribution in [0.4, 0.5) is 18.9 Å². The van der Waals surface area contributed by atoms with Gasteiger partial charge in [-0.25, -0.2) is 13.2 Å². The molecule has 5 rings (SSSR count). The molecule has 14 heteroatoms. The third-order valence-electron chi connectivity index (χ3n) is 8.98. The van der Waals surface area contributed by atoms with Gasteiger partial charge in [0.2, 0.25) is 5.78 Å². The van der Waals surface area contributed by atoms with E-state index in [-0.39, 0.29) is 42.6 Å². The molecular formula is C31H33F3N4O7. The molecule has 0 saturated heterocycles. The number of halogens is 3. The van der Waals surface area contributed by atoms with Crippen LogP contribution in [-0.2, 0) is 33.9 Å². The Bertz CT molecular complexity index is 1700. The number of amides is 1. The molecule has 0 aliphatic heterocycles. The number of aromatic hydroxyl groups is 1. The van der Waals surface area contributed by atoms with Crippen molar-refractivity contribution in [2.75, 3.05) is 33.1 Å². The Balaban J connectivity index is 1.60. The average Bonchev–Trinajstić information content (AvgIpc) is 2.92. The van der Waals surface area contributed by atoms with Gasteiger partial charge in [-0.1, -0.05) is 0 Å². The molecule has 2 aromatic carbocycles. The van der Waals surface area contributed by atoms with Crippen LogP contribution >= 0.6 is 0 Å². The van der Waals surface area contributed by atoms with E-state index >= 15 is 0 Å². The Morgan fingerprint density at radius 2 is 1.67 bits per heavy atom. The van der Waals surface area contributed by atoms with Crippen LogP contribution in [0.15, 0.2) is 35.1 Å². The van der Waals surface area contributed by atoms with Crippen LogP contribution in [0.3, 0.4) is 0 Å². The van der Waals surface area contributed by atoms with Crippen LogP contribution in [0, 0.1) is 29.3 Å². The highest BCUT2D eigenvalue weighted by Gasteiger charge is 2.64. The van der Waals surface area contributed by atoms with E-state index in [9.17, 15) is 48.0 Å². The predicted octanol–water partition coefficient (Wildman–Crippen LogP) is 1.74. The molecule has 0 heterocycles. The predicted molar refractivity (Wildman–Crippen MR) is 155 cm³/mol. The van der Waals surface area contributed by atoms with Crippen molar-refractivity contribution in [2.45, 2.75) is 37.6 Å². The number of carbonyl (C=O) groups excluding carboxylic acids is 3. The highest BCUT2D eigenvalue weighted by molar-refractivity contribution is 6.24. The lowest BCUT2D eigenvalue weighted by Crippen LogP contribution is -2.65. The highest BCUT2D eigenvalue weighted by Crippen LogP contribution is 2.54. The van der Waals surface area contributed by atoms with Gasteiger partial charge in [-0.15, -0.1) is 0 Å². The number of fused-ring (bicyclic) bond motifs is 3. The molecule has 3 aliphatic carbocycles. The molecule has 2 aromatic rings.